The summed E-state index contributed by atoms with van der Waals surface area (Å²) in [5, 5.41) is 20.6. The van der Waals surface area contributed by atoms with Crippen LogP contribution >= 0.6 is 0 Å². The van der Waals surface area contributed by atoms with Crippen molar-refractivity contribution in [3.63, 3.8) is 0 Å². The van der Waals surface area contributed by atoms with Gasteiger partial charge in [0.2, 0.25) is 0 Å². The molecule has 0 heterocycles. The summed E-state index contributed by atoms with van der Waals surface area (Å²) in [5.74, 6) is 1.08. The monoisotopic (exact) mass is 325 g/mol. The van der Waals surface area contributed by atoms with Crippen molar-refractivity contribution in [2.45, 2.75) is 53.4 Å². The lowest BCUT2D eigenvalue weighted by atomic mass is 9.96. The number of rotatable bonds is 4. The minimum absolute atomic E-state index is 0.221. The third-order valence-electron chi connectivity index (χ3n) is 4.39. The van der Waals surface area contributed by atoms with Gasteiger partial charge in [-0.1, -0.05) is 39.8 Å². The Hall–Kier alpha value is -2.29. The van der Waals surface area contributed by atoms with Crippen molar-refractivity contribution >= 4 is 11.9 Å². The molecule has 0 aliphatic carbocycles. The summed E-state index contributed by atoms with van der Waals surface area (Å²) in [7, 11) is 0. The van der Waals surface area contributed by atoms with Crippen LogP contribution in [0.4, 0.5) is 5.69 Å². The molecule has 0 aromatic heterocycles. The first-order chi connectivity index (χ1) is 11.2. The molecule has 128 valence electrons. The molecule has 3 nitrogen and oxygen atoms in total. The van der Waals surface area contributed by atoms with Gasteiger partial charge >= 0.3 is 0 Å². The van der Waals surface area contributed by atoms with Gasteiger partial charge in [-0.25, -0.2) is 0 Å². The molecule has 0 bridgehead atoms. The molecule has 0 spiro atoms. The van der Waals surface area contributed by atoms with Crippen LogP contribution in [-0.4, -0.2) is 16.4 Å². The third-order valence-corrected chi connectivity index (χ3v) is 4.39. The SMILES string of the molecule is Cc1cc(O)c(C(C)C)cc1N=Cc1c(C)ccc(C(C)C)c1O. The van der Waals surface area contributed by atoms with E-state index in [1.807, 2.05) is 45.9 Å². The molecule has 0 fully saturated rings. The van der Waals surface area contributed by atoms with Crippen LogP contribution in [0.3, 0.4) is 0 Å². The molecule has 0 unspecified atom stereocenters. The number of nitrogens with zero attached hydrogens (tertiary/aromatic N) is 1. The van der Waals surface area contributed by atoms with Gasteiger partial charge in [-0.05, 0) is 60.1 Å². The van der Waals surface area contributed by atoms with E-state index in [1.165, 1.54) is 0 Å². The predicted molar refractivity (Wildman–Crippen MR) is 101 cm³/mol. The van der Waals surface area contributed by atoms with Gasteiger partial charge in [0.05, 0.1) is 5.69 Å². The van der Waals surface area contributed by atoms with E-state index in [2.05, 4.69) is 18.8 Å². The maximum atomic E-state index is 10.5. The first kappa shape index (κ1) is 18.1. The molecule has 2 rings (SSSR count). The van der Waals surface area contributed by atoms with Gasteiger partial charge in [-0.2, -0.15) is 0 Å². The van der Waals surface area contributed by atoms with E-state index in [9.17, 15) is 10.2 Å². The van der Waals surface area contributed by atoms with Crippen molar-refractivity contribution in [1.29, 1.82) is 0 Å². The van der Waals surface area contributed by atoms with Crippen LogP contribution in [-0.2, 0) is 0 Å². The molecule has 2 aromatic carbocycles. The largest absolute Gasteiger partial charge is 0.508 e. The average Bonchev–Trinajstić information content (AvgIpc) is 2.47. The minimum atomic E-state index is 0.221. The number of aromatic hydroxyl groups is 2. The van der Waals surface area contributed by atoms with Crippen LogP contribution in [0.25, 0.3) is 0 Å². The van der Waals surface area contributed by atoms with Crippen molar-refractivity contribution in [3.8, 4) is 11.5 Å². The van der Waals surface area contributed by atoms with Crippen molar-refractivity contribution in [2.75, 3.05) is 0 Å². The van der Waals surface area contributed by atoms with E-state index >= 15 is 0 Å². The molecule has 2 aromatic rings. The summed E-state index contributed by atoms with van der Waals surface area (Å²) in [6.45, 7) is 12.1. The smallest absolute Gasteiger partial charge is 0.128 e. The summed E-state index contributed by atoms with van der Waals surface area (Å²) in [4.78, 5) is 4.59. The lowest BCUT2D eigenvalue weighted by molar-refractivity contribution is 0.463. The van der Waals surface area contributed by atoms with Crippen LogP contribution < -0.4 is 0 Å². The highest BCUT2D eigenvalue weighted by molar-refractivity contribution is 5.88. The molecular formula is C21H27NO2. The Kier molecular flexibility index (Phi) is 5.33. The molecule has 0 saturated carbocycles. The van der Waals surface area contributed by atoms with Crippen molar-refractivity contribution < 1.29 is 10.2 Å². The van der Waals surface area contributed by atoms with Gasteiger partial charge in [0.25, 0.3) is 0 Å². The molecular weight excluding hydrogens is 298 g/mol. The predicted octanol–water partition coefficient (Wildman–Crippen LogP) is 5.71. The minimum Gasteiger partial charge on any atom is -0.508 e. The van der Waals surface area contributed by atoms with Crippen molar-refractivity contribution in [1.82, 2.24) is 0 Å². The number of hydrogen-bond donors (Lipinski definition) is 2. The highest BCUT2D eigenvalue weighted by Crippen LogP contribution is 2.34. The Bertz CT molecular complexity index is 774. The van der Waals surface area contributed by atoms with Crippen LogP contribution in [0, 0.1) is 13.8 Å². The average molecular weight is 325 g/mol. The zero-order chi connectivity index (χ0) is 18.0. The van der Waals surface area contributed by atoms with Gasteiger partial charge in [-0.3, -0.25) is 4.99 Å². The summed E-state index contributed by atoms with van der Waals surface area (Å²) in [6.07, 6.45) is 1.72. The molecule has 0 aliphatic heterocycles. The Morgan fingerprint density at radius 1 is 0.875 bits per heavy atom. The standard InChI is InChI=1S/C21H27NO2/c1-12(2)16-8-7-14(5)18(21(16)24)11-22-19-10-17(13(3)4)20(23)9-15(19)6/h7-13,23-24H,1-6H3. The summed E-state index contributed by atoms with van der Waals surface area (Å²) < 4.78 is 0. The van der Waals surface area contributed by atoms with E-state index in [0.29, 0.717) is 11.5 Å². The van der Waals surface area contributed by atoms with Gasteiger partial charge in [0, 0.05) is 11.8 Å². The number of aryl methyl sites for hydroxylation is 2. The van der Waals surface area contributed by atoms with E-state index in [4.69, 9.17) is 0 Å². The van der Waals surface area contributed by atoms with Crippen molar-refractivity contribution in [2.24, 2.45) is 4.99 Å². The maximum absolute atomic E-state index is 10.5. The van der Waals surface area contributed by atoms with E-state index < -0.39 is 0 Å². The highest BCUT2D eigenvalue weighted by Gasteiger charge is 2.12. The zero-order valence-corrected chi connectivity index (χ0v) is 15.4. The lowest BCUT2D eigenvalue weighted by Crippen LogP contribution is -1.96. The second-order valence-electron chi connectivity index (χ2n) is 7.00. The second-order valence-corrected chi connectivity index (χ2v) is 7.00. The summed E-state index contributed by atoms with van der Waals surface area (Å²) >= 11 is 0. The number of benzene rings is 2. The first-order valence-corrected chi connectivity index (χ1v) is 8.42. The molecule has 0 aliphatic rings. The fourth-order valence-corrected chi connectivity index (χ4v) is 2.79. The number of phenols is 2. The normalized spacial score (nSPS) is 11.8. The van der Waals surface area contributed by atoms with Gasteiger partial charge in [0.1, 0.15) is 11.5 Å². The second kappa shape index (κ2) is 7.08. The number of hydrogen-bond acceptors (Lipinski definition) is 3. The Balaban J connectivity index is 2.49. The Morgan fingerprint density at radius 2 is 1.50 bits per heavy atom. The zero-order valence-electron chi connectivity index (χ0n) is 15.4. The topological polar surface area (TPSA) is 52.8 Å². The molecule has 0 amide bonds. The lowest BCUT2D eigenvalue weighted by Gasteiger charge is -2.13. The molecule has 2 N–H and O–H groups in total. The highest BCUT2D eigenvalue weighted by atomic mass is 16.3. The Morgan fingerprint density at radius 3 is 2.08 bits per heavy atom. The number of aliphatic imine (C=N–C) groups is 1. The van der Waals surface area contributed by atoms with Crippen LogP contribution in [0.1, 0.15) is 67.3 Å². The van der Waals surface area contributed by atoms with E-state index in [-0.39, 0.29) is 11.8 Å². The van der Waals surface area contributed by atoms with Gasteiger partial charge in [0.15, 0.2) is 0 Å². The van der Waals surface area contributed by atoms with Gasteiger partial charge in [-0.15, -0.1) is 0 Å². The van der Waals surface area contributed by atoms with Gasteiger partial charge < -0.3 is 10.2 Å². The summed E-state index contributed by atoms with van der Waals surface area (Å²) in [5.41, 5.74) is 5.26. The third kappa shape index (κ3) is 3.61. The first-order valence-electron chi connectivity index (χ1n) is 8.42. The fraction of sp³-hybridized carbons (Fsp3) is 0.381. The molecule has 0 atom stereocenters. The van der Waals surface area contributed by atoms with E-state index in [0.717, 1.165) is 33.5 Å². The number of phenolic OH excluding ortho intramolecular Hbond substituents is 2. The molecule has 0 radical (unpaired) electrons. The summed E-state index contributed by atoms with van der Waals surface area (Å²) in [6, 6.07) is 7.65. The molecule has 24 heavy (non-hydrogen) atoms. The fourth-order valence-electron chi connectivity index (χ4n) is 2.79. The maximum Gasteiger partial charge on any atom is 0.128 e. The van der Waals surface area contributed by atoms with Crippen LogP contribution in [0.2, 0.25) is 0 Å². The van der Waals surface area contributed by atoms with Crippen molar-refractivity contribution in [3.05, 3.63) is 52.1 Å². The van der Waals surface area contributed by atoms with Crippen LogP contribution in [0.15, 0.2) is 29.3 Å². The van der Waals surface area contributed by atoms with Crippen LogP contribution in [0.5, 0.6) is 11.5 Å². The quantitative estimate of drug-likeness (QED) is 0.707. The molecule has 3 heteroatoms. The Labute approximate surface area is 144 Å². The van der Waals surface area contributed by atoms with E-state index in [1.54, 1.807) is 12.3 Å². The molecule has 0 saturated heterocycles.